The molecule has 0 radical (unpaired) electrons. The monoisotopic (exact) mass is 502 g/mol. The highest BCUT2D eigenvalue weighted by atomic mass is 32.2. The van der Waals surface area contributed by atoms with Crippen LogP contribution in [0.3, 0.4) is 0 Å². The fraction of sp³-hybridized carbons (Fsp3) is 0.381. The van der Waals surface area contributed by atoms with E-state index in [2.05, 4.69) is 4.74 Å². The largest absolute Gasteiger partial charge is 0.573 e. The molecule has 0 aromatic heterocycles. The van der Waals surface area contributed by atoms with Crippen LogP contribution in [0.15, 0.2) is 53.4 Å². The first-order valence-electron chi connectivity index (χ1n) is 10.3. The highest BCUT2D eigenvalue weighted by molar-refractivity contribution is 7.89. The molecular weight excluding hydrogens is 481 g/mol. The summed E-state index contributed by atoms with van der Waals surface area (Å²) in [5, 5.41) is 0. The molecule has 1 amide bonds. The van der Waals surface area contributed by atoms with E-state index >= 15 is 0 Å². The van der Waals surface area contributed by atoms with Gasteiger partial charge in [-0.1, -0.05) is 0 Å². The maximum absolute atomic E-state index is 13.3. The number of nitrogens with two attached hydrogens (primary N) is 1. The minimum Gasteiger partial charge on any atom is -0.457 e. The zero-order chi connectivity index (χ0) is 24.5. The third kappa shape index (κ3) is 5.37. The van der Waals surface area contributed by atoms with Crippen molar-refractivity contribution in [1.82, 2.24) is 4.31 Å². The van der Waals surface area contributed by atoms with Gasteiger partial charge in [0.05, 0.1) is 11.0 Å². The first-order valence-corrected chi connectivity index (χ1v) is 11.7. The summed E-state index contributed by atoms with van der Waals surface area (Å²) in [5.74, 6) is -0.229. The average Bonchev–Trinajstić information content (AvgIpc) is 3.24. The SMILES string of the molecule is NC(=O)OC1C2CCOC2CCN1S(=O)(=O)c1ccc(Oc2ccc(OC(F)(F)F)cc2)cc1. The second kappa shape index (κ2) is 9.31. The zero-order valence-electron chi connectivity index (χ0n) is 17.6. The summed E-state index contributed by atoms with van der Waals surface area (Å²) in [7, 11) is -4.04. The van der Waals surface area contributed by atoms with Gasteiger partial charge in [-0.3, -0.25) is 0 Å². The number of sulfonamides is 1. The normalized spacial score (nSPS) is 23.2. The molecule has 2 aromatic carbocycles. The lowest BCUT2D eigenvalue weighted by Crippen LogP contribution is -2.54. The summed E-state index contributed by atoms with van der Waals surface area (Å²) in [5.41, 5.74) is 5.18. The fourth-order valence-electron chi connectivity index (χ4n) is 4.07. The van der Waals surface area contributed by atoms with Crippen LogP contribution in [0.1, 0.15) is 12.8 Å². The lowest BCUT2D eigenvalue weighted by molar-refractivity contribution is -0.274. The lowest BCUT2D eigenvalue weighted by atomic mass is 9.93. The van der Waals surface area contributed by atoms with Crippen LogP contribution in [0.4, 0.5) is 18.0 Å². The highest BCUT2D eigenvalue weighted by Gasteiger charge is 2.48. The Hall–Kier alpha value is -3.03. The van der Waals surface area contributed by atoms with Crippen molar-refractivity contribution >= 4 is 16.1 Å². The molecule has 0 aliphatic carbocycles. The van der Waals surface area contributed by atoms with E-state index in [0.717, 1.165) is 16.4 Å². The number of hydrogen-bond donors (Lipinski definition) is 1. The van der Waals surface area contributed by atoms with Gasteiger partial charge in [0.25, 0.3) is 0 Å². The molecule has 2 N–H and O–H groups in total. The number of alkyl halides is 3. The number of halogens is 3. The van der Waals surface area contributed by atoms with Crippen molar-refractivity contribution in [2.45, 2.75) is 36.4 Å². The third-order valence-electron chi connectivity index (χ3n) is 5.50. The van der Waals surface area contributed by atoms with Crippen LogP contribution in [0.5, 0.6) is 17.2 Å². The van der Waals surface area contributed by atoms with Gasteiger partial charge in [0.2, 0.25) is 10.0 Å². The second-order valence-electron chi connectivity index (χ2n) is 7.69. The van der Waals surface area contributed by atoms with E-state index in [1.54, 1.807) is 0 Å². The van der Waals surface area contributed by atoms with Crippen molar-refractivity contribution in [3.05, 3.63) is 48.5 Å². The Morgan fingerprint density at radius 1 is 1.00 bits per heavy atom. The second-order valence-corrected chi connectivity index (χ2v) is 9.58. The Bertz CT molecular complexity index is 1120. The van der Waals surface area contributed by atoms with E-state index < -0.39 is 34.5 Å². The summed E-state index contributed by atoms with van der Waals surface area (Å²) in [6.07, 6.45) is -6.17. The molecule has 0 saturated carbocycles. The van der Waals surface area contributed by atoms with Crippen LogP contribution in [0.2, 0.25) is 0 Å². The van der Waals surface area contributed by atoms with Crippen molar-refractivity contribution in [2.24, 2.45) is 11.7 Å². The number of amides is 1. The molecule has 2 aliphatic rings. The Kier molecular flexibility index (Phi) is 6.60. The van der Waals surface area contributed by atoms with Crippen LogP contribution < -0.4 is 15.2 Å². The number of rotatable bonds is 6. The quantitative estimate of drug-likeness (QED) is 0.641. The highest BCUT2D eigenvalue weighted by Crippen LogP contribution is 2.37. The molecule has 13 heteroatoms. The smallest absolute Gasteiger partial charge is 0.457 e. The number of hydrogen-bond acceptors (Lipinski definition) is 7. The summed E-state index contributed by atoms with van der Waals surface area (Å²) in [4.78, 5) is 11.4. The van der Waals surface area contributed by atoms with Gasteiger partial charge in [0.15, 0.2) is 6.23 Å². The van der Waals surface area contributed by atoms with Gasteiger partial charge >= 0.3 is 12.5 Å². The van der Waals surface area contributed by atoms with Gasteiger partial charge in [-0.25, -0.2) is 13.2 Å². The molecule has 0 spiro atoms. The predicted octanol–water partition coefficient (Wildman–Crippen LogP) is 3.60. The van der Waals surface area contributed by atoms with Crippen molar-refractivity contribution < 1.29 is 45.3 Å². The predicted molar refractivity (Wildman–Crippen MR) is 110 cm³/mol. The first kappa shape index (κ1) is 24.1. The number of carbonyl (C=O) groups is 1. The zero-order valence-corrected chi connectivity index (χ0v) is 18.4. The van der Waals surface area contributed by atoms with Gasteiger partial charge in [0, 0.05) is 19.1 Å². The number of fused-ring (bicyclic) bond motifs is 1. The maximum atomic E-state index is 13.3. The van der Waals surface area contributed by atoms with E-state index in [1.807, 2.05) is 0 Å². The van der Waals surface area contributed by atoms with Crippen LogP contribution in [0.25, 0.3) is 0 Å². The molecule has 4 rings (SSSR count). The van der Waals surface area contributed by atoms with Crippen LogP contribution in [0, 0.1) is 5.92 Å². The molecule has 2 aromatic rings. The molecule has 2 heterocycles. The molecule has 3 unspecified atom stereocenters. The number of ether oxygens (including phenoxy) is 4. The molecular formula is C21H21F3N2O7S. The molecule has 9 nitrogen and oxygen atoms in total. The molecule has 184 valence electrons. The van der Waals surface area contributed by atoms with Crippen LogP contribution >= 0.6 is 0 Å². The van der Waals surface area contributed by atoms with E-state index in [9.17, 15) is 26.4 Å². The van der Waals surface area contributed by atoms with Crippen molar-refractivity contribution in [1.29, 1.82) is 0 Å². The van der Waals surface area contributed by atoms with Crippen LogP contribution in [-0.4, -0.2) is 50.7 Å². The summed E-state index contributed by atoms with van der Waals surface area (Å²) in [6, 6.07) is 10.2. The minimum absolute atomic E-state index is 0.0517. The van der Waals surface area contributed by atoms with Crippen molar-refractivity contribution in [3.8, 4) is 17.2 Å². The molecule has 2 fully saturated rings. The van der Waals surface area contributed by atoms with Gasteiger partial charge in [-0.2, -0.15) is 4.31 Å². The van der Waals surface area contributed by atoms with Crippen molar-refractivity contribution in [2.75, 3.05) is 13.2 Å². The fourth-order valence-corrected chi connectivity index (χ4v) is 5.64. The summed E-state index contributed by atoms with van der Waals surface area (Å²) >= 11 is 0. The minimum atomic E-state index is -4.80. The van der Waals surface area contributed by atoms with Gasteiger partial charge < -0.3 is 24.7 Å². The Balaban J connectivity index is 1.48. The molecule has 0 bridgehead atoms. The Morgan fingerprint density at radius 3 is 2.18 bits per heavy atom. The molecule has 2 aliphatic heterocycles. The van der Waals surface area contributed by atoms with Gasteiger partial charge in [-0.15, -0.1) is 13.2 Å². The summed E-state index contributed by atoms with van der Waals surface area (Å²) in [6.45, 7) is 0.531. The standard InChI is InChI=1S/C21H21F3N2O7S/c22-21(23,24)33-15-3-1-13(2-4-15)31-14-5-7-16(8-6-14)34(28,29)26-11-9-18-17(10-12-30-18)19(26)32-20(25)27/h1-8,17-19H,9-12H2,(H2,25,27). The lowest BCUT2D eigenvalue weighted by Gasteiger charge is -2.39. The van der Waals surface area contributed by atoms with Crippen LogP contribution in [-0.2, 0) is 19.5 Å². The van der Waals surface area contributed by atoms with E-state index in [-0.39, 0.29) is 35.0 Å². The summed E-state index contributed by atoms with van der Waals surface area (Å²) < 4.78 is 84.6. The number of carbonyl (C=O) groups excluding carboxylic acids is 1. The van der Waals surface area contributed by atoms with Crippen molar-refractivity contribution in [3.63, 3.8) is 0 Å². The Morgan fingerprint density at radius 2 is 1.59 bits per heavy atom. The van der Waals surface area contributed by atoms with E-state index in [0.29, 0.717) is 19.4 Å². The first-order chi connectivity index (χ1) is 16.0. The molecule has 2 saturated heterocycles. The van der Waals surface area contributed by atoms with E-state index in [4.69, 9.17) is 19.9 Å². The number of primary amides is 1. The number of nitrogens with zero attached hydrogens (tertiary/aromatic N) is 1. The molecule has 34 heavy (non-hydrogen) atoms. The number of piperidine rings is 1. The van der Waals surface area contributed by atoms with E-state index in [1.165, 1.54) is 36.4 Å². The number of benzene rings is 2. The van der Waals surface area contributed by atoms with Gasteiger partial charge in [0.1, 0.15) is 17.2 Å². The van der Waals surface area contributed by atoms with Gasteiger partial charge in [-0.05, 0) is 61.4 Å². The third-order valence-corrected chi connectivity index (χ3v) is 7.38. The maximum Gasteiger partial charge on any atom is 0.573 e. The Labute approximate surface area is 193 Å². The average molecular weight is 502 g/mol. The molecule has 3 atom stereocenters. The topological polar surface area (TPSA) is 117 Å².